The molecule has 208 valence electrons. The van der Waals surface area contributed by atoms with Crippen molar-refractivity contribution in [2.75, 3.05) is 17.4 Å². The molecule has 3 rings (SSSR count). The van der Waals surface area contributed by atoms with E-state index in [0.717, 1.165) is 16.7 Å². The van der Waals surface area contributed by atoms with E-state index >= 15 is 0 Å². The summed E-state index contributed by atoms with van der Waals surface area (Å²) in [5.41, 5.74) is 3.12. The van der Waals surface area contributed by atoms with Crippen LogP contribution >= 0.6 is 0 Å². The Morgan fingerprint density at radius 3 is 2.05 bits per heavy atom. The Labute approximate surface area is 232 Å². The second kappa shape index (κ2) is 13.4. The molecule has 0 radical (unpaired) electrons. The number of para-hydroxylation sites is 1. The van der Waals surface area contributed by atoms with Crippen LogP contribution in [0.15, 0.2) is 83.8 Å². The molecule has 39 heavy (non-hydrogen) atoms. The first-order valence-corrected chi connectivity index (χ1v) is 14.8. The van der Waals surface area contributed by atoms with Crippen molar-refractivity contribution < 1.29 is 18.0 Å². The summed E-state index contributed by atoms with van der Waals surface area (Å²) >= 11 is 0. The smallest absolute Gasteiger partial charge is 0.264 e. The van der Waals surface area contributed by atoms with Gasteiger partial charge in [-0.3, -0.25) is 13.9 Å². The topological polar surface area (TPSA) is 86.8 Å². The summed E-state index contributed by atoms with van der Waals surface area (Å²) in [7, 11) is -4.08. The number of nitrogens with zero attached hydrogens (tertiary/aromatic N) is 2. The maximum absolute atomic E-state index is 14.0. The van der Waals surface area contributed by atoms with Crippen LogP contribution in [0.4, 0.5) is 5.69 Å². The van der Waals surface area contributed by atoms with Gasteiger partial charge in [0.2, 0.25) is 11.8 Å². The Hall–Kier alpha value is -3.65. The molecule has 0 fully saturated rings. The average molecular weight is 550 g/mol. The summed E-state index contributed by atoms with van der Waals surface area (Å²) in [6, 6.07) is 22.2. The highest BCUT2D eigenvalue weighted by Gasteiger charge is 2.33. The van der Waals surface area contributed by atoms with E-state index in [4.69, 9.17) is 0 Å². The molecule has 0 bridgehead atoms. The second-order valence-electron chi connectivity index (χ2n) is 10.1. The lowest BCUT2D eigenvalue weighted by Gasteiger charge is -2.33. The summed E-state index contributed by atoms with van der Waals surface area (Å²) in [4.78, 5) is 28.7. The molecule has 7 nitrogen and oxygen atoms in total. The highest BCUT2D eigenvalue weighted by Crippen LogP contribution is 2.28. The van der Waals surface area contributed by atoms with Gasteiger partial charge in [0.05, 0.1) is 10.6 Å². The number of rotatable bonds is 12. The molecule has 1 atom stereocenters. The Morgan fingerprint density at radius 2 is 1.44 bits per heavy atom. The van der Waals surface area contributed by atoms with Gasteiger partial charge in [-0.05, 0) is 61.1 Å². The van der Waals surface area contributed by atoms with Crippen LogP contribution in [0.25, 0.3) is 0 Å². The van der Waals surface area contributed by atoms with E-state index in [1.54, 1.807) is 37.3 Å². The third-order valence-electron chi connectivity index (χ3n) is 6.71. The Kier molecular flexibility index (Phi) is 10.3. The summed E-state index contributed by atoms with van der Waals surface area (Å²) in [5, 5.41) is 2.91. The van der Waals surface area contributed by atoms with Crippen LogP contribution in [0.2, 0.25) is 0 Å². The normalized spacial score (nSPS) is 12.2. The fraction of sp³-hybridized carbons (Fsp3) is 0.355. The zero-order valence-electron chi connectivity index (χ0n) is 23.4. The van der Waals surface area contributed by atoms with E-state index in [1.165, 1.54) is 21.3 Å². The van der Waals surface area contributed by atoms with Crippen molar-refractivity contribution in [2.45, 2.75) is 58.5 Å². The first kappa shape index (κ1) is 29.9. The lowest BCUT2D eigenvalue weighted by Crippen LogP contribution is -2.51. The molecule has 0 saturated carbocycles. The molecule has 0 saturated heterocycles. The fourth-order valence-electron chi connectivity index (χ4n) is 4.29. The Balaban J connectivity index is 2.05. The molecule has 0 heterocycles. The van der Waals surface area contributed by atoms with Crippen LogP contribution in [-0.2, 0) is 32.6 Å². The van der Waals surface area contributed by atoms with Crippen molar-refractivity contribution in [2.24, 2.45) is 5.92 Å². The summed E-state index contributed by atoms with van der Waals surface area (Å²) in [6.45, 7) is 9.79. The molecule has 2 amide bonds. The molecule has 0 spiro atoms. The van der Waals surface area contributed by atoms with E-state index in [-0.39, 0.29) is 23.3 Å². The number of amides is 2. The highest BCUT2D eigenvalue weighted by atomic mass is 32.2. The number of hydrogen-bond donors (Lipinski definition) is 1. The van der Waals surface area contributed by atoms with Crippen LogP contribution in [0.1, 0.15) is 44.4 Å². The number of carbonyl (C=O) groups is 2. The van der Waals surface area contributed by atoms with Gasteiger partial charge in [-0.2, -0.15) is 0 Å². The van der Waals surface area contributed by atoms with Gasteiger partial charge in [0.25, 0.3) is 10.0 Å². The molecule has 0 aromatic heterocycles. The third-order valence-corrected chi connectivity index (χ3v) is 8.48. The molecule has 0 aliphatic carbocycles. The van der Waals surface area contributed by atoms with Crippen molar-refractivity contribution >= 4 is 27.5 Å². The maximum atomic E-state index is 14.0. The Morgan fingerprint density at radius 1 is 0.846 bits per heavy atom. The van der Waals surface area contributed by atoms with Crippen LogP contribution in [0.3, 0.4) is 0 Å². The minimum atomic E-state index is -4.08. The van der Waals surface area contributed by atoms with Gasteiger partial charge < -0.3 is 10.2 Å². The number of aryl methyl sites for hydroxylation is 2. The average Bonchev–Trinajstić information content (AvgIpc) is 2.94. The van der Waals surface area contributed by atoms with Gasteiger partial charge in [-0.1, -0.05) is 81.4 Å². The number of sulfonamides is 1. The standard InChI is InChI=1S/C31H39N3O4S/c1-6-26-15-12-13-19-29(26)34(39(37,38)28-17-8-7-9-18-28)22-30(35)33(21-27-16-11-10-14-24(27)4)25(5)31(36)32-20-23(2)3/h7-19,23,25H,6,20-22H2,1-5H3,(H,32,36)/t25-/m1/s1. The van der Waals surface area contributed by atoms with E-state index in [1.807, 2.05) is 64.1 Å². The Bertz CT molecular complexity index is 1370. The fourth-order valence-corrected chi connectivity index (χ4v) is 5.77. The number of nitrogens with one attached hydrogen (secondary N) is 1. The number of hydrogen-bond acceptors (Lipinski definition) is 4. The third kappa shape index (κ3) is 7.47. The lowest BCUT2D eigenvalue weighted by atomic mass is 10.1. The van der Waals surface area contributed by atoms with E-state index in [9.17, 15) is 18.0 Å². The van der Waals surface area contributed by atoms with Crippen LogP contribution in [-0.4, -0.2) is 44.3 Å². The molecule has 0 unspecified atom stereocenters. The quantitative estimate of drug-likeness (QED) is 0.347. The van der Waals surface area contributed by atoms with Gasteiger partial charge in [-0.15, -0.1) is 0 Å². The minimum absolute atomic E-state index is 0.0943. The molecule has 3 aromatic carbocycles. The summed E-state index contributed by atoms with van der Waals surface area (Å²) in [6.07, 6.45) is 0.589. The van der Waals surface area contributed by atoms with Crippen LogP contribution < -0.4 is 9.62 Å². The predicted octanol–water partition coefficient (Wildman–Crippen LogP) is 4.94. The zero-order chi connectivity index (χ0) is 28.6. The molecule has 0 aliphatic heterocycles. The molecular weight excluding hydrogens is 510 g/mol. The van der Waals surface area contributed by atoms with Crippen molar-refractivity contribution in [3.05, 3.63) is 95.6 Å². The molecule has 3 aromatic rings. The number of carbonyl (C=O) groups excluding carboxylic acids is 2. The highest BCUT2D eigenvalue weighted by molar-refractivity contribution is 7.92. The lowest BCUT2D eigenvalue weighted by molar-refractivity contribution is -0.139. The summed E-state index contributed by atoms with van der Waals surface area (Å²) < 4.78 is 29.0. The van der Waals surface area contributed by atoms with E-state index in [2.05, 4.69) is 5.32 Å². The number of benzene rings is 3. The van der Waals surface area contributed by atoms with Gasteiger partial charge in [-0.25, -0.2) is 8.42 Å². The van der Waals surface area contributed by atoms with Gasteiger partial charge in [0.15, 0.2) is 0 Å². The largest absolute Gasteiger partial charge is 0.354 e. The maximum Gasteiger partial charge on any atom is 0.264 e. The first-order valence-electron chi connectivity index (χ1n) is 13.3. The van der Waals surface area contributed by atoms with Crippen LogP contribution in [0.5, 0.6) is 0 Å². The SMILES string of the molecule is CCc1ccccc1N(CC(=O)N(Cc1ccccc1C)[C@H](C)C(=O)NCC(C)C)S(=O)(=O)c1ccccc1. The zero-order valence-corrected chi connectivity index (χ0v) is 24.2. The van der Waals surface area contributed by atoms with E-state index in [0.29, 0.717) is 18.7 Å². The monoisotopic (exact) mass is 549 g/mol. The summed E-state index contributed by atoms with van der Waals surface area (Å²) in [5.74, 6) is -0.494. The molecule has 0 aliphatic rings. The van der Waals surface area contributed by atoms with Crippen molar-refractivity contribution in [1.82, 2.24) is 10.2 Å². The van der Waals surface area contributed by atoms with Crippen molar-refractivity contribution in [3.63, 3.8) is 0 Å². The number of anilines is 1. The minimum Gasteiger partial charge on any atom is -0.354 e. The molecule has 8 heteroatoms. The molecular formula is C31H39N3O4S. The second-order valence-corrected chi connectivity index (χ2v) is 11.9. The van der Waals surface area contributed by atoms with E-state index < -0.39 is 28.5 Å². The predicted molar refractivity (Wildman–Crippen MR) is 156 cm³/mol. The van der Waals surface area contributed by atoms with Crippen molar-refractivity contribution in [1.29, 1.82) is 0 Å². The molecule has 1 N–H and O–H groups in total. The van der Waals surface area contributed by atoms with Crippen molar-refractivity contribution in [3.8, 4) is 0 Å². The first-order chi connectivity index (χ1) is 18.6. The van der Waals surface area contributed by atoms with Gasteiger partial charge in [0, 0.05) is 13.1 Å². The van der Waals surface area contributed by atoms with Gasteiger partial charge >= 0.3 is 0 Å². The van der Waals surface area contributed by atoms with Crippen LogP contribution in [0, 0.1) is 12.8 Å². The van der Waals surface area contributed by atoms with Gasteiger partial charge in [0.1, 0.15) is 12.6 Å².